The Hall–Kier alpha value is -0.160. The minimum absolute atomic E-state index is 0.290. The van der Waals surface area contributed by atoms with Crippen molar-refractivity contribution in [2.24, 2.45) is 5.92 Å². The van der Waals surface area contributed by atoms with Gasteiger partial charge in [-0.25, -0.2) is 0 Å². The topological polar surface area (TPSA) is 36.5 Å². The summed E-state index contributed by atoms with van der Waals surface area (Å²) in [5.74, 6) is 0.712. The Bertz CT molecular complexity index is 227. The molecule has 1 fully saturated rings. The van der Waals surface area contributed by atoms with Crippen molar-refractivity contribution < 1.29 is 4.74 Å². The molecule has 114 valence electrons. The molecule has 0 amide bonds. The van der Waals surface area contributed by atoms with Crippen LogP contribution in [0.5, 0.6) is 0 Å². The van der Waals surface area contributed by atoms with Crippen LogP contribution < -0.4 is 10.6 Å². The summed E-state index contributed by atoms with van der Waals surface area (Å²) in [7, 11) is 2.03. The fourth-order valence-electron chi connectivity index (χ4n) is 2.93. The van der Waals surface area contributed by atoms with E-state index in [-0.39, 0.29) is 0 Å². The van der Waals surface area contributed by atoms with E-state index in [1.165, 1.54) is 0 Å². The van der Waals surface area contributed by atoms with Crippen molar-refractivity contribution in [3.8, 4) is 0 Å². The number of hydrogen-bond donors (Lipinski definition) is 2. The molecule has 0 saturated carbocycles. The molecule has 1 heterocycles. The summed E-state index contributed by atoms with van der Waals surface area (Å²) in [6.45, 7) is 14.1. The first kappa shape index (κ1) is 16.9. The normalized spacial score (nSPS) is 19.3. The highest BCUT2D eigenvalue weighted by molar-refractivity contribution is 4.94. The van der Waals surface area contributed by atoms with E-state index in [1.54, 1.807) is 0 Å². The van der Waals surface area contributed by atoms with Gasteiger partial charge in [-0.3, -0.25) is 4.90 Å². The third-order valence-electron chi connectivity index (χ3n) is 4.11. The Morgan fingerprint density at radius 2 is 1.95 bits per heavy atom. The van der Waals surface area contributed by atoms with Crippen LogP contribution in [0.25, 0.3) is 0 Å². The van der Waals surface area contributed by atoms with E-state index in [9.17, 15) is 0 Å². The predicted molar refractivity (Wildman–Crippen MR) is 81.7 cm³/mol. The van der Waals surface area contributed by atoms with Crippen molar-refractivity contribution >= 4 is 0 Å². The Balaban J connectivity index is 2.61. The maximum Gasteiger partial charge on any atom is 0.0484 e. The average Bonchev–Trinajstić information content (AvgIpc) is 2.40. The Labute approximate surface area is 119 Å². The monoisotopic (exact) mass is 271 g/mol. The van der Waals surface area contributed by atoms with Gasteiger partial charge in [0.2, 0.25) is 0 Å². The lowest BCUT2D eigenvalue weighted by molar-refractivity contribution is -0.0259. The summed E-state index contributed by atoms with van der Waals surface area (Å²) in [4.78, 5) is 2.64. The molecule has 0 unspecified atom stereocenters. The van der Waals surface area contributed by atoms with Gasteiger partial charge in [-0.05, 0) is 38.9 Å². The molecular formula is C15H33N3O. The number of nitrogens with zero attached hydrogens (tertiary/aromatic N) is 1. The predicted octanol–water partition coefficient (Wildman–Crippen LogP) is 1.32. The van der Waals surface area contributed by atoms with Crippen molar-refractivity contribution in [3.05, 3.63) is 0 Å². The maximum absolute atomic E-state index is 5.58. The highest BCUT2D eigenvalue weighted by Gasteiger charge is 2.37. The van der Waals surface area contributed by atoms with E-state index in [1.807, 2.05) is 7.05 Å². The van der Waals surface area contributed by atoms with E-state index in [0.29, 0.717) is 11.5 Å². The minimum atomic E-state index is 0.290. The zero-order valence-corrected chi connectivity index (χ0v) is 13.3. The zero-order valence-electron chi connectivity index (χ0n) is 13.3. The lowest BCUT2D eigenvalue weighted by Gasteiger charge is -2.46. The van der Waals surface area contributed by atoms with Gasteiger partial charge in [-0.2, -0.15) is 0 Å². The average molecular weight is 271 g/mol. The molecule has 0 radical (unpaired) electrons. The first-order valence-corrected chi connectivity index (χ1v) is 7.82. The van der Waals surface area contributed by atoms with Crippen molar-refractivity contribution in [3.63, 3.8) is 0 Å². The van der Waals surface area contributed by atoms with Crippen LogP contribution in [-0.2, 0) is 4.74 Å². The van der Waals surface area contributed by atoms with Gasteiger partial charge in [0.05, 0.1) is 0 Å². The van der Waals surface area contributed by atoms with Gasteiger partial charge in [-0.1, -0.05) is 20.8 Å². The molecule has 0 bridgehead atoms. The minimum Gasteiger partial charge on any atom is -0.381 e. The second kappa shape index (κ2) is 8.90. The molecule has 0 atom stereocenters. The van der Waals surface area contributed by atoms with Gasteiger partial charge in [0.15, 0.2) is 0 Å². The number of likely N-dealkylation sites (N-methyl/N-ethyl adjacent to an activating group) is 2. The van der Waals surface area contributed by atoms with Crippen LogP contribution in [0.4, 0.5) is 0 Å². The summed E-state index contributed by atoms with van der Waals surface area (Å²) < 4.78 is 5.58. The summed E-state index contributed by atoms with van der Waals surface area (Å²) in [6, 6.07) is 0. The summed E-state index contributed by atoms with van der Waals surface area (Å²) in [6.07, 6.45) is 2.30. The second-order valence-corrected chi connectivity index (χ2v) is 6.04. The van der Waals surface area contributed by atoms with E-state index < -0.39 is 0 Å². The number of hydrogen-bond acceptors (Lipinski definition) is 4. The van der Waals surface area contributed by atoms with Crippen LogP contribution in [0.3, 0.4) is 0 Å². The lowest BCUT2D eigenvalue weighted by Crippen LogP contribution is -2.59. The summed E-state index contributed by atoms with van der Waals surface area (Å²) in [5, 5.41) is 6.94. The highest BCUT2D eigenvalue weighted by Crippen LogP contribution is 2.27. The fourth-order valence-corrected chi connectivity index (χ4v) is 2.93. The van der Waals surface area contributed by atoms with Crippen LogP contribution in [0.1, 0.15) is 33.6 Å². The largest absolute Gasteiger partial charge is 0.381 e. The molecule has 19 heavy (non-hydrogen) atoms. The van der Waals surface area contributed by atoms with Gasteiger partial charge in [0.25, 0.3) is 0 Å². The van der Waals surface area contributed by atoms with Gasteiger partial charge >= 0.3 is 0 Å². The molecule has 1 saturated heterocycles. The van der Waals surface area contributed by atoms with Crippen molar-refractivity contribution in [1.29, 1.82) is 0 Å². The smallest absolute Gasteiger partial charge is 0.0484 e. The third kappa shape index (κ3) is 5.38. The quantitative estimate of drug-likeness (QED) is 0.663. The number of ether oxygens (including phenoxy) is 1. The molecule has 0 aromatic heterocycles. The molecule has 1 rings (SSSR count). The van der Waals surface area contributed by atoms with Crippen molar-refractivity contribution in [2.45, 2.75) is 39.2 Å². The SMILES string of the molecule is CCN(CCNC)C1(CNCC(C)C)CCOCC1. The molecule has 0 aromatic carbocycles. The molecule has 4 nitrogen and oxygen atoms in total. The van der Waals surface area contributed by atoms with Crippen LogP contribution in [0.15, 0.2) is 0 Å². The first-order chi connectivity index (χ1) is 9.14. The molecule has 2 N–H and O–H groups in total. The molecule has 1 aliphatic heterocycles. The summed E-state index contributed by atoms with van der Waals surface area (Å²) >= 11 is 0. The van der Waals surface area contributed by atoms with Gasteiger partial charge in [-0.15, -0.1) is 0 Å². The molecular weight excluding hydrogens is 238 g/mol. The van der Waals surface area contributed by atoms with E-state index in [4.69, 9.17) is 4.74 Å². The van der Waals surface area contributed by atoms with Crippen LogP contribution >= 0.6 is 0 Å². The maximum atomic E-state index is 5.58. The molecule has 0 aromatic rings. The van der Waals surface area contributed by atoms with Crippen molar-refractivity contribution in [2.75, 3.05) is 53.0 Å². The molecule has 0 aliphatic carbocycles. The Kier molecular flexibility index (Phi) is 7.91. The number of rotatable bonds is 9. The van der Waals surface area contributed by atoms with E-state index in [2.05, 4.69) is 36.3 Å². The zero-order chi connectivity index (χ0) is 14.1. The molecule has 4 heteroatoms. The van der Waals surface area contributed by atoms with Gasteiger partial charge in [0.1, 0.15) is 0 Å². The van der Waals surface area contributed by atoms with Crippen LogP contribution in [0.2, 0.25) is 0 Å². The second-order valence-electron chi connectivity index (χ2n) is 6.04. The molecule has 1 aliphatic rings. The van der Waals surface area contributed by atoms with Crippen LogP contribution in [-0.4, -0.2) is 63.4 Å². The first-order valence-electron chi connectivity index (χ1n) is 7.82. The summed E-state index contributed by atoms with van der Waals surface area (Å²) in [5.41, 5.74) is 0.290. The van der Waals surface area contributed by atoms with Crippen molar-refractivity contribution in [1.82, 2.24) is 15.5 Å². The Morgan fingerprint density at radius 3 is 2.47 bits per heavy atom. The van der Waals surface area contributed by atoms with Gasteiger partial charge < -0.3 is 15.4 Å². The van der Waals surface area contributed by atoms with E-state index >= 15 is 0 Å². The van der Waals surface area contributed by atoms with Gasteiger partial charge in [0, 0.05) is 38.4 Å². The molecule has 0 spiro atoms. The Morgan fingerprint density at radius 1 is 1.26 bits per heavy atom. The van der Waals surface area contributed by atoms with Crippen LogP contribution in [0, 0.1) is 5.92 Å². The standard InChI is InChI=1S/C15H33N3O/c1-5-18(9-8-16-4)15(6-10-19-11-7-15)13-17-12-14(2)3/h14,16-17H,5-13H2,1-4H3. The number of nitrogens with one attached hydrogen (secondary N) is 2. The third-order valence-corrected chi connectivity index (χ3v) is 4.11. The fraction of sp³-hybridized carbons (Fsp3) is 1.00. The highest BCUT2D eigenvalue weighted by atomic mass is 16.5. The lowest BCUT2D eigenvalue weighted by atomic mass is 9.87. The van der Waals surface area contributed by atoms with E-state index in [0.717, 1.165) is 58.8 Å².